The van der Waals surface area contributed by atoms with E-state index in [0.717, 1.165) is 11.1 Å². The second-order valence-electron chi connectivity index (χ2n) is 8.90. The summed E-state index contributed by atoms with van der Waals surface area (Å²) in [6.07, 6.45) is 2.73. The Morgan fingerprint density at radius 1 is 0.625 bits per heavy atom. The van der Waals surface area contributed by atoms with Crippen LogP contribution in [0.2, 0.25) is 0 Å². The smallest absolute Gasteiger partial charge is 0.338 e. The van der Waals surface area contributed by atoms with E-state index in [1.807, 2.05) is 36.4 Å². The maximum absolute atomic E-state index is 12.4. The van der Waals surface area contributed by atoms with Crippen molar-refractivity contribution in [3.8, 4) is 11.5 Å². The van der Waals surface area contributed by atoms with E-state index in [9.17, 15) is 19.8 Å². The largest absolute Gasteiger partial charge is 0.490 e. The zero-order chi connectivity index (χ0) is 28.7. The summed E-state index contributed by atoms with van der Waals surface area (Å²) in [6.45, 7) is 6.82. The molecule has 8 heteroatoms. The fourth-order valence-electron chi connectivity index (χ4n) is 3.66. The molecule has 0 radical (unpaired) electrons. The summed E-state index contributed by atoms with van der Waals surface area (Å²) in [5.41, 5.74) is 2.28. The average Bonchev–Trinajstić information content (AvgIpc) is 2.98. The first-order valence-electron chi connectivity index (χ1n) is 12.8. The van der Waals surface area contributed by atoms with Gasteiger partial charge in [0, 0.05) is 0 Å². The van der Waals surface area contributed by atoms with Crippen molar-refractivity contribution in [2.24, 2.45) is 0 Å². The quantitative estimate of drug-likeness (QED) is 0.202. The third kappa shape index (κ3) is 9.41. The van der Waals surface area contributed by atoms with Crippen molar-refractivity contribution < 1.29 is 38.7 Å². The molecule has 0 aromatic heterocycles. The number of carbonyl (C=O) groups is 2. The highest BCUT2D eigenvalue weighted by Gasteiger charge is 2.16. The van der Waals surface area contributed by atoms with Crippen molar-refractivity contribution >= 4 is 11.9 Å². The Balaban J connectivity index is 1.40. The maximum Gasteiger partial charge on any atom is 0.338 e. The number of hydrogen-bond donors (Lipinski definition) is 2. The van der Waals surface area contributed by atoms with Gasteiger partial charge in [0.2, 0.25) is 0 Å². The van der Waals surface area contributed by atoms with E-state index >= 15 is 0 Å². The Kier molecular flexibility index (Phi) is 12.0. The fourth-order valence-corrected chi connectivity index (χ4v) is 3.66. The molecule has 2 unspecified atom stereocenters. The van der Waals surface area contributed by atoms with Crippen LogP contribution in [0.25, 0.3) is 0 Å². The molecule has 8 nitrogen and oxygen atoms in total. The fraction of sp³-hybridized carbons (Fsp3) is 0.250. The lowest BCUT2D eigenvalue weighted by molar-refractivity contribution is 0.0122. The van der Waals surface area contributed by atoms with Crippen LogP contribution in [-0.4, -0.2) is 60.8 Å². The zero-order valence-corrected chi connectivity index (χ0v) is 22.2. The molecule has 0 aliphatic rings. The second-order valence-corrected chi connectivity index (χ2v) is 8.90. The van der Waals surface area contributed by atoms with Crippen molar-refractivity contribution in [3.63, 3.8) is 0 Å². The van der Waals surface area contributed by atoms with Gasteiger partial charge in [0.05, 0.1) is 11.1 Å². The molecule has 0 amide bonds. The highest BCUT2D eigenvalue weighted by Crippen LogP contribution is 2.20. The number of aliphatic hydroxyl groups is 2. The molecule has 0 aliphatic carbocycles. The molecule has 40 heavy (non-hydrogen) atoms. The molecule has 0 heterocycles. The van der Waals surface area contributed by atoms with Gasteiger partial charge in [-0.1, -0.05) is 48.6 Å². The summed E-state index contributed by atoms with van der Waals surface area (Å²) in [4.78, 5) is 24.7. The van der Waals surface area contributed by atoms with Gasteiger partial charge in [-0.05, 0) is 60.4 Å². The topological polar surface area (TPSA) is 112 Å². The summed E-state index contributed by atoms with van der Waals surface area (Å²) < 4.78 is 21.6. The number of carbonyl (C=O) groups excluding carboxylic acids is 2. The molecular weight excluding hydrogens is 512 g/mol. The highest BCUT2D eigenvalue weighted by molar-refractivity contribution is 5.93. The molecular formula is C32H34O8. The van der Waals surface area contributed by atoms with Gasteiger partial charge in [0.15, 0.2) is 0 Å². The van der Waals surface area contributed by atoms with Crippen LogP contribution in [0.5, 0.6) is 11.5 Å². The lowest BCUT2D eigenvalue weighted by Gasteiger charge is -2.15. The number of allylic oxidation sites excluding steroid dienone is 2. The van der Waals surface area contributed by atoms with Crippen LogP contribution in [0, 0.1) is 0 Å². The standard InChI is InChI=1S/C32H34O8/c1-3-9-23-11-5-7-13-29(23)37-19-27(33)21-39-31(35)25-15-17-26(18-16-25)32(36)40-22-28(34)20-38-30-14-8-6-12-24(30)10-4-2/h3-8,11-18,27-28,33-34H,1-2,9-10,19-22H2. The minimum absolute atomic E-state index is 0.0511. The molecule has 3 aromatic carbocycles. The third-order valence-electron chi connectivity index (χ3n) is 5.71. The van der Waals surface area contributed by atoms with Gasteiger partial charge < -0.3 is 29.2 Å². The Morgan fingerprint density at radius 2 is 1.00 bits per heavy atom. The first kappa shape index (κ1) is 30.1. The molecule has 0 fully saturated rings. The van der Waals surface area contributed by atoms with Crippen molar-refractivity contribution in [3.05, 3.63) is 120 Å². The monoisotopic (exact) mass is 546 g/mol. The number of benzene rings is 3. The number of hydrogen-bond acceptors (Lipinski definition) is 8. The average molecular weight is 547 g/mol. The highest BCUT2D eigenvalue weighted by atomic mass is 16.6. The van der Waals surface area contributed by atoms with Crippen LogP contribution in [0.3, 0.4) is 0 Å². The Hall–Kier alpha value is -4.40. The van der Waals surface area contributed by atoms with Crippen LogP contribution in [0.15, 0.2) is 98.1 Å². The number of aliphatic hydroxyl groups excluding tert-OH is 2. The minimum atomic E-state index is -1.03. The minimum Gasteiger partial charge on any atom is -0.490 e. The predicted octanol–water partition coefficient (Wildman–Crippen LogP) is 4.34. The van der Waals surface area contributed by atoms with Gasteiger partial charge in [-0.25, -0.2) is 9.59 Å². The van der Waals surface area contributed by atoms with Gasteiger partial charge in [-0.15, -0.1) is 13.2 Å². The van der Waals surface area contributed by atoms with Gasteiger partial charge in [0.1, 0.15) is 50.1 Å². The van der Waals surface area contributed by atoms with Gasteiger partial charge in [0.25, 0.3) is 0 Å². The van der Waals surface area contributed by atoms with E-state index in [1.54, 1.807) is 24.3 Å². The molecule has 0 saturated heterocycles. The number of ether oxygens (including phenoxy) is 4. The summed E-state index contributed by atoms with van der Waals surface area (Å²) in [5.74, 6) is -0.0565. The first-order chi connectivity index (χ1) is 19.4. The normalized spacial score (nSPS) is 12.1. The van der Waals surface area contributed by atoms with E-state index in [2.05, 4.69) is 13.2 Å². The zero-order valence-electron chi connectivity index (χ0n) is 22.2. The lowest BCUT2D eigenvalue weighted by atomic mass is 10.1. The molecule has 2 N–H and O–H groups in total. The molecule has 2 atom stereocenters. The van der Waals surface area contributed by atoms with Crippen LogP contribution >= 0.6 is 0 Å². The van der Waals surface area contributed by atoms with Gasteiger partial charge in [-0.3, -0.25) is 0 Å². The van der Waals surface area contributed by atoms with Crippen molar-refractivity contribution in [1.29, 1.82) is 0 Å². The molecule has 210 valence electrons. The van der Waals surface area contributed by atoms with Crippen molar-refractivity contribution in [2.75, 3.05) is 26.4 Å². The summed E-state index contributed by atoms with van der Waals surface area (Å²) in [6, 6.07) is 20.5. The van der Waals surface area contributed by atoms with Crippen molar-refractivity contribution in [1.82, 2.24) is 0 Å². The van der Waals surface area contributed by atoms with E-state index in [1.165, 1.54) is 24.3 Å². The molecule has 0 aliphatic heterocycles. The second kappa shape index (κ2) is 15.9. The van der Waals surface area contributed by atoms with E-state index in [0.29, 0.717) is 24.3 Å². The first-order valence-corrected chi connectivity index (χ1v) is 12.8. The van der Waals surface area contributed by atoms with Crippen LogP contribution < -0.4 is 9.47 Å². The summed E-state index contributed by atoms with van der Waals surface area (Å²) >= 11 is 0. The van der Waals surface area contributed by atoms with Crippen LogP contribution in [-0.2, 0) is 22.3 Å². The SMILES string of the molecule is C=CCc1ccccc1OCC(O)COC(=O)c1ccc(C(=O)OCC(O)COc2ccccc2CC=C)cc1. The number of esters is 2. The molecule has 3 aromatic rings. The van der Waals surface area contributed by atoms with E-state index in [4.69, 9.17) is 18.9 Å². The summed E-state index contributed by atoms with van der Waals surface area (Å²) in [7, 11) is 0. The molecule has 0 saturated carbocycles. The Labute approximate surface area is 234 Å². The van der Waals surface area contributed by atoms with E-state index in [-0.39, 0.29) is 37.6 Å². The van der Waals surface area contributed by atoms with E-state index < -0.39 is 24.1 Å². The Bertz CT molecular complexity index is 1170. The van der Waals surface area contributed by atoms with Crippen LogP contribution in [0.1, 0.15) is 31.8 Å². The maximum atomic E-state index is 12.4. The van der Waals surface area contributed by atoms with Gasteiger partial charge in [-0.2, -0.15) is 0 Å². The Morgan fingerprint density at radius 3 is 1.38 bits per heavy atom. The lowest BCUT2D eigenvalue weighted by Crippen LogP contribution is -2.26. The molecule has 0 bridgehead atoms. The van der Waals surface area contributed by atoms with Crippen LogP contribution in [0.4, 0.5) is 0 Å². The number of rotatable bonds is 16. The van der Waals surface area contributed by atoms with Crippen molar-refractivity contribution in [2.45, 2.75) is 25.0 Å². The summed E-state index contributed by atoms with van der Waals surface area (Å²) in [5, 5.41) is 20.3. The molecule has 0 spiro atoms. The van der Waals surface area contributed by atoms with Gasteiger partial charge >= 0.3 is 11.9 Å². The predicted molar refractivity (Wildman–Crippen MR) is 151 cm³/mol. The molecule has 3 rings (SSSR count). The third-order valence-corrected chi connectivity index (χ3v) is 5.71. The number of para-hydroxylation sites is 2.